The van der Waals surface area contributed by atoms with Gasteiger partial charge in [-0.3, -0.25) is 9.59 Å². The van der Waals surface area contributed by atoms with E-state index in [4.69, 9.17) is 4.42 Å². The minimum absolute atomic E-state index is 0.0913. The molecule has 0 radical (unpaired) electrons. The van der Waals surface area contributed by atoms with Crippen LogP contribution in [0.2, 0.25) is 0 Å². The summed E-state index contributed by atoms with van der Waals surface area (Å²) >= 11 is 0. The van der Waals surface area contributed by atoms with Crippen LogP contribution in [0.25, 0.3) is 17.1 Å². The van der Waals surface area contributed by atoms with Crippen molar-refractivity contribution in [2.24, 2.45) is 0 Å². The van der Waals surface area contributed by atoms with Gasteiger partial charge < -0.3 is 15.1 Å². The number of hydrogen-bond donors (Lipinski definition) is 2. The number of amides is 2. The van der Waals surface area contributed by atoms with Gasteiger partial charge in [0.05, 0.1) is 17.8 Å². The van der Waals surface area contributed by atoms with E-state index in [9.17, 15) is 9.59 Å². The molecule has 2 N–H and O–H groups in total. The maximum absolute atomic E-state index is 12.7. The first-order valence-corrected chi connectivity index (χ1v) is 8.85. The van der Waals surface area contributed by atoms with E-state index in [0.29, 0.717) is 23.6 Å². The number of carbonyl (C=O) groups is 2. The molecule has 27 heavy (non-hydrogen) atoms. The molecular formula is C20H22N4O3. The summed E-state index contributed by atoms with van der Waals surface area (Å²) in [5, 5.41) is 9.89. The average molecular weight is 366 g/mol. The first kappa shape index (κ1) is 18.4. The molecule has 0 saturated carbocycles. The van der Waals surface area contributed by atoms with E-state index >= 15 is 0 Å². The minimum Gasteiger partial charge on any atom is -0.460 e. The van der Waals surface area contributed by atoms with Crippen LogP contribution >= 0.6 is 0 Å². The number of carbonyl (C=O) groups excluding carboxylic acids is 2. The van der Waals surface area contributed by atoms with Crippen molar-refractivity contribution >= 4 is 11.8 Å². The lowest BCUT2D eigenvalue weighted by atomic mass is 10.2. The van der Waals surface area contributed by atoms with Gasteiger partial charge >= 0.3 is 0 Å². The molecule has 7 nitrogen and oxygen atoms in total. The fourth-order valence-corrected chi connectivity index (χ4v) is 2.58. The van der Waals surface area contributed by atoms with Crippen LogP contribution < -0.4 is 10.6 Å². The van der Waals surface area contributed by atoms with Gasteiger partial charge in [-0.05, 0) is 37.6 Å². The topological polar surface area (TPSA) is 89.2 Å². The van der Waals surface area contributed by atoms with E-state index in [0.717, 1.165) is 17.9 Å². The Balaban J connectivity index is 1.87. The lowest BCUT2D eigenvalue weighted by molar-refractivity contribution is -0.120. The number of rotatable bonds is 7. The van der Waals surface area contributed by atoms with E-state index in [2.05, 4.69) is 15.7 Å². The van der Waals surface area contributed by atoms with Crippen LogP contribution in [0.3, 0.4) is 0 Å². The molecule has 3 aromatic rings. The van der Waals surface area contributed by atoms with Gasteiger partial charge in [0, 0.05) is 12.7 Å². The highest BCUT2D eigenvalue weighted by Crippen LogP contribution is 2.25. The van der Waals surface area contributed by atoms with Gasteiger partial charge in [-0.15, -0.1) is 0 Å². The molecule has 0 aliphatic heterocycles. The normalized spacial score (nSPS) is 10.6. The summed E-state index contributed by atoms with van der Waals surface area (Å²) in [5.41, 5.74) is 1.59. The quantitative estimate of drug-likeness (QED) is 0.673. The summed E-state index contributed by atoms with van der Waals surface area (Å²) in [5.74, 6) is 0.622. The predicted molar refractivity (Wildman–Crippen MR) is 102 cm³/mol. The van der Waals surface area contributed by atoms with Crippen LogP contribution in [0.5, 0.6) is 0 Å². The van der Waals surface area contributed by atoms with E-state index < -0.39 is 0 Å². The smallest absolute Gasteiger partial charge is 0.255 e. The molecule has 3 rings (SSSR count). The Kier molecular flexibility index (Phi) is 5.71. The predicted octanol–water partition coefficient (Wildman–Crippen LogP) is 2.70. The maximum atomic E-state index is 12.7. The Morgan fingerprint density at radius 3 is 2.56 bits per heavy atom. The fraction of sp³-hybridized carbons (Fsp3) is 0.250. The Hall–Kier alpha value is -3.35. The van der Waals surface area contributed by atoms with Crippen molar-refractivity contribution in [3.8, 4) is 17.1 Å². The summed E-state index contributed by atoms with van der Waals surface area (Å²) < 4.78 is 7.28. The van der Waals surface area contributed by atoms with Gasteiger partial charge in [0.15, 0.2) is 5.76 Å². The highest BCUT2D eigenvalue weighted by molar-refractivity contribution is 6.00. The van der Waals surface area contributed by atoms with Crippen molar-refractivity contribution in [3.05, 3.63) is 60.0 Å². The van der Waals surface area contributed by atoms with E-state index in [1.165, 1.54) is 0 Å². The van der Waals surface area contributed by atoms with Crippen molar-refractivity contribution in [2.75, 3.05) is 13.1 Å². The van der Waals surface area contributed by atoms with Crippen LogP contribution in [0, 0.1) is 6.92 Å². The molecular weight excluding hydrogens is 344 g/mol. The summed E-state index contributed by atoms with van der Waals surface area (Å²) in [7, 11) is 0. The van der Waals surface area contributed by atoms with Crippen molar-refractivity contribution < 1.29 is 14.0 Å². The van der Waals surface area contributed by atoms with Crippen LogP contribution in [0.1, 0.15) is 29.5 Å². The molecule has 0 saturated heterocycles. The number of aromatic nitrogens is 2. The summed E-state index contributed by atoms with van der Waals surface area (Å²) in [6.45, 7) is 4.29. The zero-order valence-corrected chi connectivity index (χ0v) is 15.4. The van der Waals surface area contributed by atoms with Gasteiger partial charge in [-0.2, -0.15) is 5.10 Å². The first-order chi connectivity index (χ1) is 13.1. The third-order valence-corrected chi connectivity index (χ3v) is 3.94. The molecule has 0 unspecified atom stereocenters. The van der Waals surface area contributed by atoms with Crippen LogP contribution in [0.4, 0.5) is 0 Å². The molecule has 7 heteroatoms. The van der Waals surface area contributed by atoms with Gasteiger partial charge in [0.25, 0.3) is 5.91 Å². The highest BCUT2D eigenvalue weighted by Gasteiger charge is 2.21. The number of hydrogen-bond acceptors (Lipinski definition) is 4. The number of aryl methyl sites for hydroxylation is 1. The SMILES string of the molecule is CCCNC(=O)CNC(=O)c1cn(-c2ccccc2)nc1-c1ccc(C)o1. The Morgan fingerprint density at radius 2 is 1.89 bits per heavy atom. The highest BCUT2D eigenvalue weighted by atomic mass is 16.3. The molecule has 2 aromatic heterocycles. The third-order valence-electron chi connectivity index (χ3n) is 3.94. The minimum atomic E-state index is -0.382. The number of furan rings is 1. The summed E-state index contributed by atoms with van der Waals surface area (Å²) in [6, 6.07) is 13.1. The Bertz CT molecular complexity index is 928. The van der Waals surface area contributed by atoms with E-state index in [-0.39, 0.29) is 18.4 Å². The Morgan fingerprint density at radius 1 is 1.11 bits per heavy atom. The van der Waals surface area contributed by atoms with E-state index in [1.54, 1.807) is 16.9 Å². The zero-order chi connectivity index (χ0) is 19.2. The second-order valence-corrected chi connectivity index (χ2v) is 6.11. The van der Waals surface area contributed by atoms with Crippen molar-refractivity contribution in [1.29, 1.82) is 0 Å². The lowest BCUT2D eigenvalue weighted by Crippen LogP contribution is -2.37. The van der Waals surface area contributed by atoms with Gasteiger partial charge in [0.1, 0.15) is 11.5 Å². The van der Waals surface area contributed by atoms with Gasteiger partial charge in [0.2, 0.25) is 5.91 Å². The molecule has 0 fully saturated rings. The number of nitrogens with zero attached hydrogens (tertiary/aromatic N) is 2. The number of para-hydroxylation sites is 1. The van der Waals surface area contributed by atoms with Crippen LogP contribution in [-0.2, 0) is 4.79 Å². The molecule has 2 amide bonds. The molecule has 0 atom stereocenters. The lowest BCUT2D eigenvalue weighted by Gasteiger charge is -2.05. The van der Waals surface area contributed by atoms with Crippen molar-refractivity contribution in [2.45, 2.75) is 20.3 Å². The number of nitrogens with one attached hydrogen (secondary N) is 2. The first-order valence-electron chi connectivity index (χ1n) is 8.85. The zero-order valence-electron chi connectivity index (χ0n) is 15.4. The summed E-state index contributed by atoms with van der Waals surface area (Å²) in [4.78, 5) is 24.4. The second kappa shape index (κ2) is 8.35. The molecule has 0 aliphatic rings. The molecule has 2 heterocycles. The largest absolute Gasteiger partial charge is 0.460 e. The molecule has 140 valence electrons. The third kappa shape index (κ3) is 4.44. The molecule has 0 aliphatic carbocycles. The second-order valence-electron chi connectivity index (χ2n) is 6.11. The monoisotopic (exact) mass is 366 g/mol. The van der Waals surface area contributed by atoms with Crippen LogP contribution in [0.15, 0.2) is 53.1 Å². The molecule has 1 aromatic carbocycles. The Labute approximate surface area is 157 Å². The fourth-order valence-electron chi connectivity index (χ4n) is 2.58. The van der Waals surface area contributed by atoms with Crippen LogP contribution in [-0.4, -0.2) is 34.7 Å². The maximum Gasteiger partial charge on any atom is 0.255 e. The summed E-state index contributed by atoms with van der Waals surface area (Å²) in [6.07, 6.45) is 2.48. The number of benzene rings is 1. The van der Waals surface area contributed by atoms with Crippen molar-refractivity contribution in [1.82, 2.24) is 20.4 Å². The van der Waals surface area contributed by atoms with E-state index in [1.807, 2.05) is 50.2 Å². The molecule has 0 spiro atoms. The van der Waals surface area contributed by atoms with Crippen molar-refractivity contribution in [3.63, 3.8) is 0 Å². The average Bonchev–Trinajstić information content (AvgIpc) is 3.31. The standard InChI is InChI=1S/C20H22N4O3/c1-3-11-21-18(25)12-22-20(26)16-13-24(15-7-5-4-6-8-15)23-19(16)17-10-9-14(2)27-17/h4-10,13H,3,11-12H2,1-2H3,(H,21,25)(H,22,26). The van der Waals surface area contributed by atoms with Gasteiger partial charge in [-0.25, -0.2) is 4.68 Å². The van der Waals surface area contributed by atoms with Gasteiger partial charge in [-0.1, -0.05) is 25.1 Å². The molecule has 0 bridgehead atoms.